The highest BCUT2D eigenvalue weighted by molar-refractivity contribution is 5.94. The van der Waals surface area contributed by atoms with Crippen molar-refractivity contribution in [1.82, 2.24) is 29.7 Å². The smallest absolute Gasteiger partial charge is 0.341 e. The van der Waals surface area contributed by atoms with Crippen molar-refractivity contribution >= 4 is 11.9 Å². The average molecular weight is 525 g/mol. The van der Waals surface area contributed by atoms with E-state index < -0.39 is 0 Å². The maximum atomic E-state index is 13.1. The fourth-order valence-corrected chi connectivity index (χ4v) is 5.75. The van der Waals surface area contributed by atoms with Gasteiger partial charge in [-0.05, 0) is 56.0 Å². The first kappa shape index (κ1) is 25.0. The summed E-state index contributed by atoms with van der Waals surface area (Å²) in [6.07, 6.45) is 6.39. The topological polar surface area (TPSA) is 95.1 Å². The van der Waals surface area contributed by atoms with Crippen molar-refractivity contribution in [3.05, 3.63) is 95.1 Å². The largest absolute Gasteiger partial charge is 0.462 e. The maximum absolute atomic E-state index is 13.1. The fourth-order valence-electron chi connectivity index (χ4n) is 5.75. The summed E-state index contributed by atoms with van der Waals surface area (Å²) in [5, 5.41) is 13.1. The van der Waals surface area contributed by atoms with Gasteiger partial charge in [0.25, 0.3) is 5.91 Å². The predicted molar refractivity (Wildman–Crippen MR) is 145 cm³/mol. The summed E-state index contributed by atoms with van der Waals surface area (Å²) in [5.74, 6) is 0.223. The number of benzene rings is 2. The summed E-state index contributed by atoms with van der Waals surface area (Å²) in [4.78, 5) is 28.0. The number of aryl methyl sites for hydroxylation is 1. The molecular weight excluding hydrogens is 492 g/mol. The molecule has 2 fully saturated rings. The number of likely N-dealkylation sites (tertiary alicyclic amines) is 1. The second-order valence-electron chi connectivity index (χ2n) is 10.4. The summed E-state index contributed by atoms with van der Waals surface area (Å²) < 4.78 is 8.95. The van der Waals surface area contributed by atoms with Crippen molar-refractivity contribution in [1.29, 1.82) is 0 Å². The molecule has 0 bridgehead atoms. The van der Waals surface area contributed by atoms with Gasteiger partial charge in [-0.2, -0.15) is 5.10 Å². The Hall–Kier alpha value is -4.27. The molecule has 1 unspecified atom stereocenters. The molecule has 0 radical (unpaired) electrons. The van der Waals surface area contributed by atoms with Gasteiger partial charge in [0.2, 0.25) is 0 Å². The number of piperidine rings is 1. The zero-order valence-corrected chi connectivity index (χ0v) is 22.2. The first-order valence-corrected chi connectivity index (χ1v) is 13.6. The molecule has 2 aromatic carbocycles. The maximum Gasteiger partial charge on any atom is 0.341 e. The second-order valence-corrected chi connectivity index (χ2v) is 10.4. The summed E-state index contributed by atoms with van der Waals surface area (Å²) in [7, 11) is 1.85. The van der Waals surface area contributed by atoms with Gasteiger partial charge in [0.05, 0.1) is 29.9 Å². The Morgan fingerprint density at radius 2 is 1.92 bits per heavy atom. The minimum absolute atomic E-state index is 0.0775. The van der Waals surface area contributed by atoms with Crippen LogP contribution in [0.2, 0.25) is 0 Å². The molecule has 2 aliphatic rings. The second kappa shape index (κ2) is 10.5. The summed E-state index contributed by atoms with van der Waals surface area (Å²) >= 11 is 0. The minimum atomic E-state index is -0.359. The van der Waals surface area contributed by atoms with E-state index >= 15 is 0 Å². The van der Waals surface area contributed by atoms with Crippen LogP contribution >= 0.6 is 0 Å². The number of carbonyl (C=O) groups is 2. The molecule has 1 aliphatic heterocycles. The van der Waals surface area contributed by atoms with Crippen LogP contribution in [0, 0.1) is 0 Å². The first-order valence-electron chi connectivity index (χ1n) is 13.6. The Balaban J connectivity index is 1.29. The van der Waals surface area contributed by atoms with E-state index in [9.17, 15) is 9.59 Å². The molecule has 1 saturated carbocycles. The van der Waals surface area contributed by atoms with Gasteiger partial charge in [-0.3, -0.25) is 9.48 Å². The molecule has 9 heteroatoms. The lowest BCUT2D eigenvalue weighted by atomic mass is 9.90. The molecule has 9 nitrogen and oxygen atoms in total. The summed E-state index contributed by atoms with van der Waals surface area (Å²) in [6.45, 7) is 3.55. The van der Waals surface area contributed by atoms with Crippen LogP contribution in [0.4, 0.5) is 0 Å². The minimum Gasteiger partial charge on any atom is -0.462 e. The molecule has 39 heavy (non-hydrogen) atoms. The molecule has 0 spiro atoms. The van der Waals surface area contributed by atoms with Gasteiger partial charge in [0.15, 0.2) is 0 Å². The lowest BCUT2D eigenvalue weighted by molar-refractivity contribution is 0.0524. The number of ether oxygens (including phenoxy) is 1. The molecule has 3 heterocycles. The third kappa shape index (κ3) is 4.96. The zero-order chi connectivity index (χ0) is 26.9. The predicted octanol–water partition coefficient (Wildman–Crippen LogP) is 4.47. The summed E-state index contributed by atoms with van der Waals surface area (Å²) in [6, 6.07) is 17.8. The van der Waals surface area contributed by atoms with E-state index in [-0.39, 0.29) is 29.6 Å². The van der Waals surface area contributed by atoms with E-state index in [0.717, 1.165) is 48.4 Å². The van der Waals surface area contributed by atoms with Crippen LogP contribution in [0.5, 0.6) is 0 Å². The lowest BCUT2D eigenvalue weighted by Crippen LogP contribution is -2.39. The standard InChI is InChI=1S/C30H32N6O3/c1-3-39-30(38)26-17-31-36(28(26)25-16-24(25)27-19-34(2)33-32-27)23-13-7-11-21(15-23)22-12-8-14-35(18-22)29(37)20-9-5-4-6-10-20/h4-7,9-11,13,15,17,19,22,24-25H,3,8,12,14,16,18H2,1-2H3/t22?,24-,25-/m1/s1. The van der Waals surface area contributed by atoms with Gasteiger partial charge in [-0.15, -0.1) is 5.10 Å². The molecule has 6 rings (SSSR count). The van der Waals surface area contributed by atoms with E-state index in [1.165, 1.54) is 5.56 Å². The highest BCUT2D eigenvalue weighted by atomic mass is 16.5. The Morgan fingerprint density at radius 1 is 1.08 bits per heavy atom. The Bertz CT molecular complexity index is 1490. The Kier molecular flexibility index (Phi) is 6.72. The van der Waals surface area contributed by atoms with Crippen molar-refractivity contribution < 1.29 is 14.3 Å². The average Bonchev–Trinajstić information content (AvgIpc) is 3.42. The molecule has 1 aliphatic carbocycles. The van der Waals surface area contributed by atoms with Crippen LogP contribution in [0.15, 0.2) is 67.0 Å². The third-order valence-corrected chi connectivity index (χ3v) is 7.76. The molecule has 3 atom stereocenters. The number of carbonyl (C=O) groups excluding carboxylic acids is 2. The monoisotopic (exact) mass is 524 g/mol. The normalized spacial score (nSPS) is 20.6. The van der Waals surface area contributed by atoms with E-state index in [0.29, 0.717) is 18.7 Å². The van der Waals surface area contributed by atoms with E-state index in [1.54, 1.807) is 17.8 Å². The zero-order valence-electron chi connectivity index (χ0n) is 22.2. The molecule has 1 amide bonds. The van der Waals surface area contributed by atoms with Crippen molar-refractivity contribution in [2.24, 2.45) is 7.05 Å². The van der Waals surface area contributed by atoms with Crippen molar-refractivity contribution in [3.8, 4) is 5.69 Å². The van der Waals surface area contributed by atoms with Crippen LogP contribution in [-0.2, 0) is 11.8 Å². The number of rotatable bonds is 7. The molecule has 200 valence electrons. The van der Waals surface area contributed by atoms with Crippen LogP contribution in [0.1, 0.15) is 81.6 Å². The Labute approximate surface area is 227 Å². The van der Waals surface area contributed by atoms with E-state index in [1.807, 2.05) is 65.3 Å². The number of esters is 1. The number of hydrogen-bond donors (Lipinski definition) is 0. The quantitative estimate of drug-likeness (QED) is 0.331. The van der Waals surface area contributed by atoms with Crippen molar-refractivity contribution in [2.75, 3.05) is 19.7 Å². The molecule has 0 N–H and O–H groups in total. The molecular formula is C30H32N6O3. The first-order chi connectivity index (χ1) is 19.0. The highest BCUT2D eigenvalue weighted by Gasteiger charge is 2.46. The lowest BCUT2D eigenvalue weighted by Gasteiger charge is -2.33. The van der Waals surface area contributed by atoms with Crippen LogP contribution in [0.3, 0.4) is 0 Å². The van der Waals surface area contributed by atoms with Crippen LogP contribution in [0.25, 0.3) is 5.69 Å². The van der Waals surface area contributed by atoms with Crippen molar-refractivity contribution in [3.63, 3.8) is 0 Å². The SMILES string of the molecule is CCOC(=O)c1cnn(-c2cccc(C3CCCN(C(=O)c4ccccc4)C3)c2)c1[C@@H]1C[C@H]1c1cn(C)nn1. The molecule has 2 aromatic heterocycles. The number of aromatic nitrogens is 5. The van der Waals surface area contributed by atoms with Gasteiger partial charge in [-0.25, -0.2) is 9.48 Å². The Morgan fingerprint density at radius 3 is 2.69 bits per heavy atom. The van der Waals surface area contributed by atoms with Crippen LogP contribution in [-0.4, -0.2) is 61.2 Å². The number of amides is 1. The number of nitrogens with zero attached hydrogens (tertiary/aromatic N) is 6. The third-order valence-electron chi connectivity index (χ3n) is 7.76. The van der Waals surface area contributed by atoms with Crippen molar-refractivity contribution in [2.45, 2.75) is 43.9 Å². The fraction of sp³-hybridized carbons (Fsp3) is 0.367. The molecule has 4 aromatic rings. The van der Waals surface area contributed by atoms with E-state index in [2.05, 4.69) is 27.5 Å². The van der Waals surface area contributed by atoms with E-state index in [4.69, 9.17) is 4.74 Å². The van der Waals surface area contributed by atoms with Gasteiger partial charge < -0.3 is 9.64 Å². The van der Waals surface area contributed by atoms with Gasteiger partial charge in [0.1, 0.15) is 5.56 Å². The highest BCUT2D eigenvalue weighted by Crippen LogP contribution is 2.55. The van der Waals surface area contributed by atoms with Gasteiger partial charge in [-0.1, -0.05) is 35.5 Å². The van der Waals surface area contributed by atoms with Crippen LogP contribution < -0.4 is 0 Å². The van der Waals surface area contributed by atoms with Gasteiger partial charge >= 0.3 is 5.97 Å². The number of hydrogen-bond acceptors (Lipinski definition) is 6. The van der Waals surface area contributed by atoms with Gasteiger partial charge in [0, 0.05) is 49.7 Å². The molecule has 1 saturated heterocycles. The summed E-state index contributed by atoms with van der Waals surface area (Å²) in [5.41, 5.74) is 5.06.